The van der Waals surface area contributed by atoms with Gasteiger partial charge in [0.2, 0.25) is 0 Å². The molecule has 16 heavy (non-hydrogen) atoms. The van der Waals surface area contributed by atoms with Crippen LogP contribution < -0.4 is 10.5 Å². The van der Waals surface area contributed by atoms with Gasteiger partial charge in [0.25, 0.3) is 0 Å². The summed E-state index contributed by atoms with van der Waals surface area (Å²) in [6, 6.07) is 7.27. The molecule has 0 radical (unpaired) electrons. The van der Waals surface area contributed by atoms with Crippen molar-refractivity contribution in [2.45, 2.75) is 13.3 Å². The molecule has 0 aromatic heterocycles. The topological polar surface area (TPSA) is 89.6 Å². The minimum absolute atomic E-state index is 0.312. The Morgan fingerprint density at radius 3 is 2.06 bits per heavy atom. The van der Waals surface area contributed by atoms with Gasteiger partial charge >= 0.3 is 5.97 Å². The first-order valence-corrected chi connectivity index (χ1v) is 4.56. The smallest absolute Gasteiger partial charge is 0.310 e. The lowest BCUT2D eigenvalue weighted by Crippen LogP contribution is -2.00. The summed E-state index contributed by atoms with van der Waals surface area (Å²) in [4.78, 5) is 19.5. The Kier molecular flexibility index (Phi) is 6.35. The molecule has 0 aliphatic carbocycles. The molecule has 0 aliphatic rings. The third-order valence-corrected chi connectivity index (χ3v) is 1.52. The van der Waals surface area contributed by atoms with Crippen LogP contribution in [0.4, 0.5) is 5.69 Å². The number of carboxylic acids is 1. The number of carboxylic acid groups (broad SMARTS) is 1. The second-order valence-corrected chi connectivity index (χ2v) is 3.05. The number of Topliss-reactive ketones (excluding diaryl/α,β-unsaturated/α-hetero) is 1. The molecule has 0 heterocycles. The van der Waals surface area contributed by atoms with Gasteiger partial charge < -0.3 is 15.6 Å². The first-order valence-electron chi connectivity index (χ1n) is 4.56. The van der Waals surface area contributed by atoms with Crippen molar-refractivity contribution in [1.82, 2.24) is 0 Å². The van der Waals surface area contributed by atoms with Crippen LogP contribution in [0.15, 0.2) is 24.3 Å². The summed E-state index contributed by atoms with van der Waals surface area (Å²) in [6.45, 7) is 1.24. The molecule has 0 unspecified atom stereocenters. The van der Waals surface area contributed by atoms with Crippen molar-refractivity contribution in [3.05, 3.63) is 24.3 Å². The molecule has 88 valence electrons. The monoisotopic (exact) mass is 225 g/mol. The molecule has 0 atom stereocenters. The Morgan fingerprint density at radius 2 is 1.81 bits per heavy atom. The molecule has 5 nitrogen and oxygen atoms in total. The van der Waals surface area contributed by atoms with E-state index in [1.807, 2.05) is 12.1 Å². The number of carbonyl (C=O) groups is 2. The lowest BCUT2D eigenvalue weighted by atomic mass is 10.3. The Labute approximate surface area is 93.8 Å². The molecule has 0 saturated heterocycles. The fourth-order valence-corrected chi connectivity index (χ4v) is 0.817. The predicted octanol–water partition coefficient (Wildman–Crippen LogP) is 1.33. The second-order valence-electron chi connectivity index (χ2n) is 3.05. The zero-order valence-electron chi connectivity index (χ0n) is 9.27. The SMILES string of the molecule is CC(=O)CC(=O)O.COc1ccc(N)cc1. The van der Waals surface area contributed by atoms with Crippen LogP contribution in [0.3, 0.4) is 0 Å². The highest BCUT2D eigenvalue weighted by Crippen LogP contribution is 2.11. The van der Waals surface area contributed by atoms with Crippen LogP contribution in [0, 0.1) is 0 Å². The molecule has 0 saturated carbocycles. The number of rotatable bonds is 3. The van der Waals surface area contributed by atoms with Crippen LogP contribution in [-0.2, 0) is 9.59 Å². The maximum atomic E-state index is 9.87. The maximum Gasteiger partial charge on any atom is 0.310 e. The second kappa shape index (κ2) is 7.28. The predicted molar refractivity (Wildman–Crippen MR) is 60.3 cm³/mol. The molecule has 0 bridgehead atoms. The molecule has 0 amide bonds. The Balaban J connectivity index is 0.000000293. The molecule has 5 heteroatoms. The van der Waals surface area contributed by atoms with E-state index in [1.165, 1.54) is 6.92 Å². The van der Waals surface area contributed by atoms with Crippen LogP contribution in [0.25, 0.3) is 0 Å². The van der Waals surface area contributed by atoms with Crippen LogP contribution in [0.1, 0.15) is 13.3 Å². The van der Waals surface area contributed by atoms with E-state index in [0.717, 1.165) is 11.4 Å². The van der Waals surface area contributed by atoms with Gasteiger partial charge in [-0.1, -0.05) is 0 Å². The van der Waals surface area contributed by atoms with Crippen LogP contribution >= 0.6 is 0 Å². The van der Waals surface area contributed by atoms with Gasteiger partial charge in [-0.15, -0.1) is 0 Å². The number of ketones is 1. The third kappa shape index (κ3) is 7.37. The van der Waals surface area contributed by atoms with E-state index >= 15 is 0 Å². The average Bonchev–Trinajstić information content (AvgIpc) is 2.17. The maximum absolute atomic E-state index is 9.87. The van der Waals surface area contributed by atoms with Gasteiger partial charge in [-0.25, -0.2) is 0 Å². The van der Waals surface area contributed by atoms with Crippen molar-refractivity contribution >= 4 is 17.4 Å². The molecule has 0 aliphatic heterocycles. The number of methoxy groups -OCH3 is 1. The molecule has 1 aromatic carbocycles. The molecule has 1 rings (SSSR count). The van der Waals surface area contributed by atoms with E-state index < -0.39 is 5.97 Å². The van der Waals surface area contributed by atoms with Gasteiger partial charge in [-0.05, 0) is 31.2 Å². The number of carbonyl (C=O) groups excluding carboxylic acids is 1. The molecule has 0 spiro atoms. The highest BCUT2D eigenvalue weighted by atomic mass is 16.5. The number of nitrogen functional groups attached to an aromatic ring is 1. The minimum Gasteiger partial charge on any atom is -0.497 e. The summed E-state index contributed by atoms with van der Waals surface area (Å²) in [7, 11) is 1.63. The van der Waals surface area contributed by atoms with Crippen LogP contribution in [0.2, 0.25) is 0 Å². The number of hydrogen-bond acceptors (Lipinski definition) is 4. The van der Waals surface area contributed by atoms with Crippen molar-refractivity contribution in [2.75, 3.05) is 12.8 Å². The quantitative estimate of drug-likeness (QED) is 0.598. The summed E-state index contributed by atoms with van der Waals surface area (Å²) in [6.07, 6.45) is -0.361. The standard InChI is InChI=1S/C7H9NO.C4H6O3/c1-9-7-4-2-6(8)3-5-7;1-3(5)2-4(6)7/h2-5H,8H2,1H3;2H2,1H3,(H,6,7). The minimum atomic E-state index is -1.06. The van der Waals surface area contributed by atoms with E-state index in [2.05, 4.69) is 0 Å². The van der Waals surface area contributed by atoms with E-state index in [-0.39, 0.29) is 12.2 Å². The zero-order chi connectivity index (χ0) is 12.6. The molecule has 0 fully saturated rings. The summed E-state index contributed by atoms with van der Waals surface area (Å²) in [5.74, 6) is -0.538. The molecule has 3 N–H and O–H groups in total. The van der Waals surface area contributed by atoms with Gasteiger partial charge in [0, 0.05) is 5.69 Å². The van der Waals surface area contributed by atoms with Crippen LogP contribution in [-0.4, -0.2) is 24.0 Å². The van der Waals surface area contributed by atoms with Crippen molar-refractivity contribution < 1.29 is 19.4 Å². The lowest BCUT2D eigenvalue weighted by molar-refractivity contribution is -0.139. The third-order valence-electron chi connectivity index (χ3n) is 1.52. The summed E-state index contributed by atoms with van der Waals surface area (Å²) in [5.41, 5.74) is 6.19. The molecular formula is C11H15NO4. The normalized spacial score (nSPS) is 8.62. The summed E-state index contributed by atoms with van der Waals surface area (Å²) < 4.78 is 4.91. The van der Waals surface area contributed by atoms with Crippen LogP contribution in [0.5, 0.6) is 5.75 Å². The largest absolute Gasteiger partial charge is 0.497 e. The summed E-state index contributed by atoms with van der Waals surface area (Å²) >= 11 is 0. The van der Waals surface area contributed by atoms with Gasteiger partial charge in [0.05, 0.1) is 7.11 Å². The van der Waals surface area contributed by atoms with Crippen molar-refractivity contribution in [2.24, 2.45) is 0 Å². The fraction of sp³-hybridized carbons (Fsp3) is 0.273. The Bertz CT molecular complexity index is 334. The fourth-order valence-electron chi connectivity index (χ4n) is 0.817. The van der Waals surface area contributed by atoms with Gasteiger partial charge in [0.15, 0.2) is 0 Å². The van der Waals surface area contributed by atoms with Crippen molar-refractivity contribution in [1.29, 1.82) is 0 Å². The van der Waals surface area contributed by atoms with E-state index in [4.69, 9.17) is 15.6 Å². The number of nitrogens with two attached hydrogens (primary N) is 1. The zero-order valence-corrected chi connectivity index (χ0v) is 9.27. The number of ether oxygens (including phenoxy) is 1. The van der Waals surface area contributed by atoms with Crippen molar-refractivity contribution in [3.8, 4) is 5.75 Å². The first kappa shape index (κ1) is 14.0. The summed E-state index contributed by atoms with van der Waals surface area (Å²) in [5, 5.41) is 7.86. The highest BCUT2D eigenvalue weighted by molar-refractivity contribution is 5.93. The Hall–Kier alpha value is -2.04. The number of hydrogen-bond donors (Lipinski definition) is 2. The number of aliphatic carboxylic acids is 1. The van der Waals surface area contributed by atoms with Crippen molar-refractivity contribution in [3.63, 3.8) is 0 Å². The van der Waals surface area contributed by atoms with Gasteiger partial charge in [0.1, 0.15) is 18.0 Å². The molecular weight excluding hydrogens is 210 g/mol. The number of benzene rings is 1. The van der Waals surface area contributed by atoms with Gasteiger partial charge in [-0.2, -0.15) is 0 Å². The van der Waals surface area contributed by atoms with Gasteiger partial charge in [-0.3, -0.25) is 9.59 Å². The highest BCUT2D eigenvalue weighted by Gasteiger charge is 1.98. The lowest BCUT2D eigenvalue weighted by Gasteiger charge is -1.97. The average molecular weight is 225 g/mol. The number of anilines is 1. The van der Waals surface area contributed by atoms with E-state index in [0.29, 0.717) is 0 Å². The molecule has 1 aromatic rings. The first-order chi connectivity index (χ1) is 7.45. The van der Waals surface area contributed by atoms with E-state index in [9.17, 15) is 9.59 Å². The Morgan fingerprint density at radius 1 is 1.31 bits per heavy atom. The van der Waals surface area contributed by atoms with E-state index in [1.54, 1.807) is 19.2 Å².